The lowest BCUT2D eigenvalue weighted by Gasteiger charge is -2.08. The van der Waals surface area contributed by atoms with Crippen molar-refractivity contribution in [2.24, 2.45) is 0 Å². The second-order valence-electron chi connectivity index (χ2n) is 1.99. The fourth-order valence-electron chi connectivity index (χ4n) is 0.372. The second kappa shape index (κ2) is 4.44. The molecular weight excluding hydrogens is 145 g/mol. The number of nitrogens with zero attached hydrogens (tertiary/aromatic N) is 1. The highest BCUT2D eigenvalue weighted by Crippen LogP contribution is 2.00. The minimum atomic E-state index is -0.564. The molecule has 0 saturated carbocycles. The van der Waals surface area contributed by atoms with Crippen molar-refractivity contribution in [3.63, 3.8) is 0 Å². The predicted octanol–water partition coefficient (Wildman–Crippen LogP) is 1.63. The van der Waals surface area contributed by atoms with E-state index >= 15 is 0 Å². The molecule has 0 N–H and O–H groups in total. The van der Waals surface area contributed by atoms with Gasteiger partial charge in [0.15, 0.2) is 0 Å². The third kappa shape index (κ3) is 4.08. The molecule has 0 aliphatic rings. The van der Waals surface area contributed by atoms with Gasteiger partial charge in [-0.05, 0) is 12.2 Å². The normalized spacial score (nSPS) is 9.64. The van der Waals surface area contributed by atoms with E-state index in [0.29, 0.717) is 12.1 Å². The number of rotatable bonds is 4. The highest BCUT2D eigenvalue weighted by Gasteiger charge is 1.93. The summed E-state index contributed by atoms with van der Waals surface area (Å²) in [6, 6.07) is 0. The Labute approximate surface area is 65.3 Å². The van der Waals surface area contributed by atoms with Crippen LogP contribution in [0.4, 0.5) is 4.39 Å². The number of hydrogen-bond acceptors (Lipinski definition) is 1. The molecule has 11 heavy (non-hydrogen) atoms. The molecule has 60 valence electrons. The zero-order chi connectivity index (χ0) is 8.85. The SMILES string of the molecule is C=C(F)/C=C\C(=C)N(C)C=O. The standard InChI is InChI=1S/C8H10FNO/c1-7(9)4-5-8(2)10(3)6-11/h4-6H,1-2H2,3H3/b5-4-. The largest absolute Gasteiger partial charge is 0.319 e. The van der Waals surface area contributed by atoms with Crippen molar-refractivity contribution in [2.45, 2.75) is 0 Å². The molecule has 0 bridgehead atoms. The Balaban J connectivity index is 4.06. The van der Waals surface area contributed by atoms with Gasteiger partial charge in [0.2, 0.25) is 6.41 Å². The summed E-state index contributed by atoms with van der Waals surface area (Å²) >= 11 is 0. The van der Waals surface area contributed by atoms with Crippen molar-refractivity contribution >= 4 is 6.41 Å². The molecule has 2 nitrogen and oxygen atoms in total. The van der Waals surface area contributed by atoms with Gasteiger partial charge in [-0.3, -0.25) is 4.79 Å². The van der Waals surface area contributed by atoms with E-state index in [1.165, 1.54) is 18.0 Å². The van der Waals surface area contributed by atoms with Crippen molar-refractivity contribution in [1.82, 2.24) is 4.90 Å². The predicted molar refractivity (Wildman–Crippen MR) is 42.4 cm³/mol. The first-order valence-corrected chi connectivity index (χ1v) is 2.97. The van der Waals surface area contributed by atoms with E-state index in [9.17, 15) is 9.18 Å². The minimum Gasteiger partial charge on any atom is -0.319 e. The summed E-state index contributed by atoms with van der Waals surface area (Å²) in [6.07, 6.45) is 3.10. The minimum absolute atomic E-state index is 0.416. The third-order valence-corrected chi connectivity index (χ3v) is 1.07. The fraction of sp³-hybridized carbons (Fsp3) is 0.125. The highest BCUT2D eigenvalue weighted by molar-refractivity contribution is 5.51. The van der Waals surface area contributed by atoms with Crippen LogP contribution in [0, 0.1) is 0 Å². The molecule has 0 aliphatic heterocycles. The van der Waals surface area contributed by atoms with Crippen LogP contribution in [0.1, 0.15) is 0 Å². The topological polar surface area (TPSA) is 20.3 Å². The first-order valence-electron chi connectivity index (χ1n) is 2.97. The molecule has 0 atom stereocenters. The summed E-state index contributed by atoms with van der Waals surface area (Å²) in [4.78, 5) is 11.3. The van der Waals surface area contributed by atoms with Crippen LogP contribution in [0.5, 0.6) is 0 Å². The second-order valence-corrected chi connectivity index (χ2v) is 1.99. The maximum Gasteiger partial charge on any atom is 0.213 e. The highest BCUT2D eigenvalue weighted by atomic mass is 19.1. The molecule has 0 heterocycles. The number of carbonyl (C=O) groups is 1. The molecule has 0 fully saturated rings. The third-order valence-electron chi connectivity index (χ3n) is 1.07. The monoisotopic (exact) mass is 155 g/mol. The summed E-state index contributed by atoms with van der Waals surface area (Å²) in [5, 5.41) is 0. The van der Waals surface area contributed by atoms with Gasteiger partial charge in [-0.25, -0.2) is 4.39 Å². The first-order chi connectivity index (χ1) is 5.07. The van der Waals surface area contributed by atoms with Crippen LogP contribution < -0.4 is 0 Å². The van der Waals surface area contributed by atoms with Crippen molar-refractivity contribution in [2.75, 3.05) is 7.05 Å². The molecular formula is C8H10FNO. The van der Waals surface area contributed by atoms with Crippen molar-refractivity contribution in [3.05, 3.63) is 36.8 Å². The van der Waals surface area contributed by atoms with Crippen LogP contribution >= 0.6 is 0 Å². The van der Waals surface area contributed by atoms with Crippen LogP contribution in [0.15, 0.2) is 36.8 Å². The number of amides is 1. The van der Waals surface area contributed by atoms with Crippen LogP contribution in [0.3, 0.4) is 0 Å². The van der Waals surface area contributed by atoms with E-state index in [1.54, 1.807) is 0 Å². The number of hydrogen-bond donors (Lipinski definition) is 0. The Kier molecular flexibility index (Phi) is 3.88. The van der Waals surface area contributed by atoms with Crippen molar-refractivity contribution < 1.29 is 9.18 Å². The van der Waals surface area contributed by atoms with Gasteiger partial charge in [-0.2, -0.15) is 0 Å². The smallest absolute Gasteiger partial charge is 0.213 e. The Morgan fingerprint density at radius 3 is 2.36 bits per heavy atom. The lowest BCUT2D eigenvalue weighted by Crippen LogP contribution is -2.12. The molecule has 0 aromatic heterocycles. The van der Waals surface area contributed by atoms with Gasteiger partial charge in [-0.15, -0.1) is 0 Å². The van der Waals surface area contributed by atoms with Gasteiger partial charge in [0.1, 0.15) is 5.83 Å². The molecule has 0 aliphatic carbocycles. The Hall–Kier alpha value is -1.38. The Morgan fingerprint density at radius 1 is 1.45 bits per heavy atom. The van der Waals surface area contributed by atoms with Gasteiger partial charge in [0.05, 0.1) is 0 Å². The first kappa shape index (κ1) is 9.62. The van der Waals surface area contributed by atoms with E-state index in [-0.39, 0.29) is 0 Å². The average molecular weight is 155 g/mol. The molecule has 3 heteroatoms. The molecule has 0 saturated heterocycles. The van der Waals surface area contributed by atoms with Crippen LogP contribution in [0.2, 0.25) is 0 Å². The van der Waals surface area contributed by atoms with Crippen LogP contribution in [-0.2, 0) is 4.79 Å². The Morgan fingerprint density at radius 2 is 2.00 bits per heavy atom. The number of allylic oxidation sites excluding steroid dienone is 3. The van der Waals surface area contributed by atoms with E-state index in [2.05, 4.69) is 13.2 Å². The fourth-order valence-corrected chi connectivity index (χ4v) is 0.372. The zero-order valence-corrected chi connectivity index (χ0v) is 6.38. The maximum absolute atomic E-state index is 12.0. The molecule has 0 rings (SSSR count). The molecule has 0 spiro atoms. The van der Waals surface area contributed by atoms with E-state index < -0.39 is 5.83 Å². The van der Waals surface area contributed by atoms with Crippen LogP contribution in [0.25, 0.3) is 0 Å². The van der Waals surface area contributed by atoms with Gasteiger partial charge >= 0.3 is 0 Å². The molecule has 0 radical (unpaired) electrons. The lowest BCUT2D eigenvalue weighted by molar-refractivity contribution is -0.115. The average Bonchev–Trinajstić information content (AvgIpc) is 1.98. The molecule has 0 unspecified atom stereocenters. The van der Waals surface area contributed by atoms with Gasteiger partial charge in [0.25, 0.3) is 0 Å². The summed E-state index contributed by atoms with van der Waals surface area (Å²) < 4.78 is 12.0. The molecule has 0 aromatic rings. The summed E-state index contributed by atoms with van der Waals surface area (Å²) in [7, 11) is 1.53. The maximum atomic E-state index is 12.0. The quantitative estimate of drug-likeness (QED) is 0.446. The number of carbonyl (C=O) groups excluding carboxylic acids is 1. The molecule has 0 aromatic carbocycles. The van der Waals surface area contributed by atoms with Gasteiger partial charge < -0.3 is 4.90 Å². The van der Waals surface area contributed by atoms with Crippen molar-refractivity contribution in [3.8, 4) is 0 Å². The van der Waals surface area contributed by atoms with Gasteiger partial charge in [-0.1, -0.05) is 13.2 Å². The summed E-state index contributed by atoms with van der Waals surface area (Å²) in [5.74, 6) is -0.564. The summed E-state index contributed by atoms with van der Waals surface area (Å²) in [6.45, 7) is 6.51. The summed E-state index contributed by atoms with van der Waals surface area (Å²) in [5.41, 5.74) is 0.416. The van der Waals surface area contributed by atoms with E-state index in [4.69, 9.17) is 0 Å². The van der Waals surface area contributed by atoms with E-state index in [0.717, 1.165) is 6.08 Å². The number of halogens is 1. The lowest BCUT2D eigenvalue weighted by atomic mass is 10.4. The van der Waals surface area contributed by atoms with Gasteiger partial charge in [0, 0.05) is 12.7 Å². The Bertz CT molecular complexity index is 208. The van der Waals surface area contributed by atoms with E-state index in [1.807, 2.05) is 0 Å². The molecule has 1 amide bonds. The number of likely N-dealkylation sites (N-methyl/N-ethyl adjacent to an activating group) is 1. The van der Waals surface area contributed by atoms with Crippen LogP contribution in [-0.4, -0.2) is 18.4 Å². The van der Waals surface area contributed by atoms with Crippen molar-refractivity contribution in [1.29, 1.82) is 0 Å². The zero-order valence-electron chi connectivity index (χ0n) is 6.38.